The number of carbonyl (C=O) groups excluding carboxylic acids is 3. The van der Waals surface area contributed by atoms with Crippen LogP contribution in [0.2, 0.25) is 0 Å². The number of piperazine rings is 1. The van der Waals surface area contributed by atoms with E-state index in [1.54, 1.807) is 36.8 Å². The molecule has 3 fully saturated rings. The van der Waals surface area contributed by atoms with Crippen molar-refractivity contribution in [2.75, 3.05) is 33.4 Å². The molecule has 1 aliphatic carbocycles. The molecule has 3 aliphatic rings. The predicted octanol–water partition coefficient (Wildman–Crippen LogP) is 4.86. The van der Waals surface area contributed by atoms with Crippen LogP contribution < -0.4 is 10.1 Å². The van der Waals surface area contributed by atoms with Crippen molar-refractivity contribution in [1.82, 2.24) is 20.1 Å². The number of thiazole rings is 1. The fraction of sp³-hybridized carbons (Fsp3) is 0.636. The highest BCUT2D eigenvalue weighted by atomic mass is 32.1. The van der Waals surface area contributed by atoms with Gasteiger partial charge in [0.15, 0.2) is 0 Å². The molecule has 234 valence electrons. The SMILES string of the molecule is CCO[C@@H]1C[C@@H]2CN(C(=O)[C@@H](NC(=O)[C@H](C)CC)C3CCCCC3)[C@H](c3nc(C(=O)c4ccc(OC)cc4)cs3)CN2C1. The number of rotatable bonds is 11. The van der Waals surface area contributed by atoms with Crippen LogP contribution in [0, 0.1) is 11.8 Å². The minimum absolute atomic E-state index is 0.0220. The molecule has 9 nitrogen and oxygen atoms in total. The molecular weight excluding hydrogens is 564 g/mol. The second-order valence-electron chi connectivity index (χ2n) is 12.2. The lowest BCUT2D eigenvalue weighted by molar-refractivity contribution is -0.144. The number of hydrogen-bond acceptors (Lipinski definition) is 8. The molecule has 5 atom stereocenters. The van der Waals surface area contributed by atoms with E-state index in [4.69, 9.17) is 14.5 Å². The zero-order valence-corrected chi connectivity index (χ0v) is 26.7. The Morgan fingerprint density at radius 2 is 1.81 bits per heavy atom. The summed E-state index contributed by atoms with van der Waals surface area (Å²) < 4.78 is 11.2. The molecule has 2 aromatic rings. The van der Waals surface area contributed by atoms with Gasteiger partial charge >= 0.3 is 0 Å². The third-order valence-corrected chi connectivity index (χ3v) is 10.4. The maximum Gasteiger partial charge on any atom is 0.246 e. The van der Waals surface area contributed by atoms with Crippen LogP contribution in [-0.4, -0.2) is 83.9 Å². The molecule has 2 aliphatic heterocycles. The van der Waals surface area contributed by atoms with Gasteiger partial charge in [0.05, 0.1) is 19.3 Å². The van der Waals surface area contributed by atoms with Crippen LogP contribution in [-0.2, 0) is 14.3 Å². The van der Waals surface area contributed by atoms with Gasteiger partial charge in [0.1, 0.15) is 22.5 Å². The second kappa shape index (κ2) is 14.3. The second-order valence-corrected chi connectivity index (χ2v) is 13.1. The zero-order chi connectivity index (χ0) is 30.5. The summed E-state index contributed by atoms with van der Waals surface area (Å²) in [7, 11) is 1.59. The first-order valence-electron chi connectivity index (χ1n) is 15.9. The largest absolute Gasteiger partial charge is 0.497 e. The molecule has 1 aromatic carbocycles. The Morgan fingerprint density at radius 3 is 2.49 bits per heavy atom. The minimum atomic E-state index is -0.555. The molecule has 2 saturated heterocycles. The molecule has 3 heterocycles. The van der Waals surface area contributed by atoms with Crippen molar-refractivity contribution in [1.29, 1.82) is 0 Å². The van der Waals surface area contributed by atoms with Gasteiger partial charge in [0.25, 0.3) is 0 Å². The first kappa shape index (κ1) is 31.6. The molecule has 0 spiro atoms. The van der Waals surface area contributed by atoms with E-state index >= 15 is 0 Å². The molecule has 5 rings (SSSR count). The molecule has 10 heteroatoms. The van der Waals surface area contributed by atoms with Crippen LogP contribution in [0.15, 0.2) is 29.6 Å². The van der Waals surface area contributed by atoms with Crippen molar-refractivity contribution < 1.29 is 23.9 Å². The summed E-state index contributed by atoms with van der Waals surface area (Å²) in [5, 5.41) is 5.75. The Labute approximate surface area is 259 Å². The van der Waals surface area contributed by atoms with E-state index in [-0.39, 0.29) is 47.6 Å². The van der Waals surface area contributed by atoms with Gasteiger partial charge in [-0.3, -0.25) is 19.3 Å². The summed E-state index contributed by atoms with van der Waals surface area (Å²) in [6, 6.07) is 6.35. The number of hydrogen-bond donors (Lipinski definition) is 1. The van der Waals surface area contributed by atoms with E-state index in [0.717, 1.165) is 50.1 Å². The molecule has 43 heavy (non-hydrogen) atoms. The molecule has 1 aromatic heterocycles. The standard InChI is InChI=1S/C33H46N4O5S/c1-5-21(3)31(39)35-29(22-10-8-7-9-11-22)33(40)37-17-24-16-26(42-6-2)18-36(24)19-28(37)32-34-27(20-43-32)30(38)23-12-14-25(41-4)15-13-23/h12-15,20-22,24,26,28-29H,5-11,16-19H2,1-4H3,(H,35,39)/t21-,24-,26-,28+,29+/m1/s1. The Kier molecular flexibility index (Phi) is 10.5. The van der Waals surface area contributed by atoms with Gasteiger partial charge in [-0.1, -0.05) is 33.1 Å². The Bertz CT molecular complexity index is 1260. The summed E-state index contributed by atoms with van der Waals surface area (Å²) in [6.45, 7) is 8.59. The van der Waals surface area contributed by atoms with Crippen LogP contribution >= 0.6 is 11.3 Å². The van der Waals surface area contributed by atoms with Crippen molar-refractivity contribution in [3.05, 3.63) is 45.9 Å². The summed E-state index contributed by atoms with van der Waals surface area (Å²) in [6.07, 6.45) is 6.93. The number of carbonyl (C=O) groups is 3. The maximum absolute atomic E-state index is 14.6. The number of methoxy groups -OCH3 is 1. The lowest BCUT2D eigenvalue weighted by Gasteiger charge is -2.45. The van der Waals surface area contributed by atoms with Gasteiger partial charge in [-0.05, 0) is 62.8 Å². The number of amides is 2. The van der Waals surface area contributed by atoms with Crippen LogP contribution in [0.4, 0.5) is 0 Å². The minimum Gasteiger partial charge on any atom is -0.497 e. The normalized spacial score (nSPS) is 24.3. The summed E-state index contributed by atoms with van der Waals surface area (Å²) in [5.74, 6) is 0.419. The van der Waals surface area contributed by atoms with Crippen molar-refractivity contribution in [3.8, 4) is 5.75 Å². The lowest BCUT2D eigenvalue weighted by Crippen LogP contribution is -2.60. The van der Waals surface area contributed by atoms with Gasteiger partial charge < -0.3 is 19.7 Å². The Morgan fingerprint density at radius 1 is 1.07 bits per heavy atom. The van der Waals surface area contributed by atoms with E-state index in [1.807, 2.05) is 25.7 Å². The highest BCUT2D eigenvalue weighted by Gasteiger charge is 2.46. The number of ketones is 1. The van der Waals surface area contributed by atoms with Crippen LogP contribution in [0.1, 0.15) is 92.8 Å². The zero-order valence-electron chi connectivity index (χ0n) is 25.9. The average Bonchev–Trinajstić information content (AvgIpc) is 3.69. The van der Waals surface area contributed by atoms with E-state index in [1.165, 1.54) is 17.8 Å². The Balaban J connectivity index is 1.44. The third kappa shape index (κ3) is 7.13. The summed E-state index contributed by atoms with van der Waals surface area (Å²) >= 11 is 1.43. The monoisotopic (exact) mass is 610 g/mol. The highest BCUT2D eigenvalue weighted by molar-refractivity contribution is 7.10. The third-order valence-electron chi connectivity index (χ3n) is 9.50. The molecule has 1 N–H and O–H groups in total. The van der Waals surface area contributed by atoms with E-state index in [0.29, 0.717) is 36.7 Å². The number of ether oxygens (including phenoxy) is 2. The van der Waals surface area contributed by atoms with Gasteiger partial charge in [0, 0.05) is 49.1 Å². The fourth-order valence-corrected chi connectivity index (χ4v) is 7.68. The van der Waals surface area contributed by atoms with E-state index in [9.17, 15) is 14.4 Å². The topological polar surface area (TPSA) is 101 Å². The number of aromatic nitrogens is 1. The summed E-state index contributed by atoms with van der Waals surface area (Å²) in [4.78, 5) is 50.3. The van der Waals surface area contributed by atoms with Crippen molar-refractivity contribution in [3.63, 3.8) is 0 Å². The quantitative estimate of drug-likeness (QED) is 0.363. The van der Waals surface area contributed by atoms with Gasteiger partial charge in [-0.15, -0.1) is 11.3 Å². The van der Waals surface area contributed by atoms with E-state index in [2.05, 4.69) is 10.2 Å². The molecule has 0 bridgehead atoms. The lowest BCUT2D eigenvalue weighted by atomic mass is 9.82. The summed E-state index contributed by atoms with van der Waals surface area (Å²) in [5.41, 5.74) is 0.917. The first-order valence-corrected chi connectivity index (χ1v) is 16.8. The molecule has 0 unspecified atom stereocenters. The molecule has 1 saturated carbocycles. The number of fused-ring (bicyclic) bond motifs is 1. The smallest absolute Gasteiger partial charge is 0.246 e. The van der Waals surface area contributed by atoms with Crippen molar-refractivity contribution >= 4 is 28.9 Å². The average molecular weight is 611 g/mol. The fourth-order valence-electron chi connectivity index (χ4n) is 6.78. The number of nitrogens with zero attached hydrogens (tertiary/aromatic N) is 3. The molecule has 0 radical (unpaired) electrons. The van der Waals surface area contributed by atoms with E-state index < -0.39 is 6.04 Å². The number of benzene rings is 1. The van der Waals surface area contributed by atoms with Crippen LogP contribution in [0.25, 0.3) is 0 Å². The predicted molar refractivity (Wildman–Crippen MR) is 166 cm³/mol. The van der Waals surface area contributed by atoms with Gasteiger partial charge in [0.2, 0.25) is 17.6 Å². The van der Waals surface area contributed by atoms with Gasteiger partial charge in [-0.2, -0.15) is 0 Å². The molecular formula is C33H46N4O5S. The maximum atomic E-state index is 14.6. The van der Waals surface area contributed by atoms with Crippen LogP contribution in [0.5, 0.6) is 5.75 Å². The van der Waals surface area contributed by atoms with Gasteiger partial charge in [-0.25, -0.2) is 4.98 Å². The van der Waals surface area contributed by atoms with Crippen molar-refractivity contribution in [2.24, 2.45) is 11.8 Å². The van der Waals surface area contributed by atoms with Crippen LogP contribution in [0.3, 0.4) is 0 Å². The Hall–Kier alpha value is -2.82. The number of nitrogens with one attached hydrogen (secondary N) is 1. The first-order chi connectivity index (χ1) is 20.8. The molecule has 2 amide bonds. The highest BCUT2D eigenvalue weighted by Crippen LogP contribution is 2.37. The van der Waals surface area contributed by atoms with Crippen molar-refractivity contribution in [2.45, 2.75) is 89.9 Å².